The van der Waals surface area contributed by atoms with Crippen LogP contribution >= 0.6 is 0 Å². The Morgan fingerprint density at radius 2 is 0.957 bits per heavy atom. The highest BCUT2D eigenvalue weighted by molar-refractivity contribution is 6.05. The van der Waals surface area contributed by atoms with Crippen molar-refractivity contribution in [2.45, 2.75) is 116 Å². The summed E-state index contributed by atoms with van der Waals surface area (Å²) in [5.74, 6) is 0.574. The minimum Gasteiger partial charge on any atom is -0.494 e. The summed E-state index contributed by atoms with van der Waals surface area (Å²) in [7, 11) is 0. The van der Waals surface area contributed by atoms with Crippen molar-refractivity contribution in [3.8, 4) is 11.5 Å². The third-order valence-corrected chi connectivity index (χ3v) is 10.8. The number of ether oxygens (including phenoxy) is 2. The number of benzene rings is 3. The molecule has 250 valence electrons. The van der Waals surface area contributed by atoms with Gasteiger partial charge >= 0.3 is 0 Å². The van der Waals surface area contributed by atoms with E-state index in [1.54, 1.807) is 0 Å². The van der Waals surface area contributed by atoms with E-state index >= 15 is 0 Å². The molecule has 4 N–H and O–H groups in total. The first-order chi connectivity index (χ1) is 22.9. The number of carbonyl (C=O) groups excluding carboxylic acids is 2. The SMILES string of the molecule is CCCCCCCCOc1ccc2c(c1)[C@H]1c3ccc(OCCCCCCCC)cc3[C@@H]2c2cc3c(cc21)CC(C(N)=O)(C(N)=O)C3. The first-order valence-corrected chi connectivity index (χ1v) is 18.2. The van der Waals surface area contributed by atoms with Gasteiger partial charge in [-0.2, -0.15) is 0 Å². The molecule has 0 saturated heterocycles. The van der Waals surface area contributed by atoms with Crippen LogP contribution in [0.2, 0.25) is 0 Å². The van der Waals surface area contributed by atoms with E-state index < -0.39 is 17.2 Å². The van der Waals surface area contributed by atoms with Crippen molar-refractivity contribution in [2.75, 3.05) is 13.2 Å². The van der Waals surface area contributed by atoms with E-state index in [-0.39, 0.29) is 24.7 Å². The quantitative estimate of drug-likeness (QED) is 0.0747. The fourth-order valence-electron chi connectivity index (χ4n) is 8.20. The summed E-state index contributed by atoms with van der Waals surface area (Å²) in [5, 5.41) is 0. The molecule has 0 saturated carbocycles. The molecule has 0 radical (unpaired) electrons. The zero-order valence-corrected chi connectivity index (χ0v) is 28.4. The smallest absolute Gasteiger partial charge is 0.233 e. The van der Waals surface area contributed by atoms with Gasteiger partial charge in [0.25, 0.3) is 0 Å². The lowest BCUT2D eigenvalue weighted by molar-refractivity contribution is -0.139. The Bertz CT molecular complexity index is 1490. The van der Waals surface area contributed by atoms with Gasteiger partial charge < -0.3 is 20.9 Å². The first kappa shape index (κ1) is 33.1. The van der Waals surface area contributed by atoms with E-state index in [1.165, 1.54) is 97.6 Å². The second kappa shape index (κ2) is 14.5. The van der Waals surface area contributed by atoms with Crippen molar-refractivity contribution in [1.29, 1.82) is 0 Å². The van der Waals surface area contributed by atoms with E-state index in [2.05, 4.69) is 62.4 Å². The third-order valence-electron chi connectivity index (χ3n) is 10.8. The second-order valence-corrected chi connectivity index (χ2v) is 14.1. The van der Waals surface area contributed by atoms with Gasteiger partial charge in [-0.25, -0.2) is 0 Å². The Balaban J connectivity index is 1.28. The molecule has 3 aromatic rings. The fourth-order valence-corrected chi connectivity index (χ4v) is 8.20. The lowest BCUT2D eigenvalue weighted by atomic mass is 9.60. The standard InChI is InChI=1S/C41H52N2O4/c1-3-5-7-9-11-13-19-46-29-15-17-31-35(23-29)37-32-18-16-30(47-20-14-12-10-8-6-4-2)24-36(32)38(31)34-22-28-26-41(39(42)44,40(43)45)25-27(28)21-33(34)37/h15-18,21-24,37-38H,3-14,19-20,25-26H2,1-2H3,(H2,42,44)(H2,43,45)/t37-,38-/m0/s1. The molecule has 2 bridgehead atoms. The summed E-state index contributed by atoms with van der Waals surface area (Å²) >= 11 is 0. The number of fused-ring (bicyclic) bond motifs is 1. The molecule has 2 atom stereocenters. The molecule has 6 nitrogen and oxygen atoms in total. The largest absolute Gasteiger partial charge is 0.494 e. The monoisotopic (exact) mass is 636 g/mol. The topological polar surface area (TPSA) is 105 Å². The molecule has 47 heavy (non-hydrogen) atoms. The van der Waals surface area contributed by atoms with Crippen molar-refractivity contribution in [1.82, 2.24) is 0 Å². The molecular formula is C41H52N2O4. The van der Waals surface area contributed by atoms with E-state index in [0.717, 1.165) is 48.7 Å². The van der Waals surface area contributed by atoms with Gasteiger partial charge in [-0.15, -0.1) is 0 Å². The molecule has 0 aromatic heterocycles. The Morgan fingerprint density at radius 3 is 1.36 bits per heavy atom. The van der Waals surface area contributed by atoms with E-state index in [9.17, 15) is 9.59 Å². The molecular weight excluding hydrogens is 584 g/mol. The highest BCUT2D eigenvalue weighted by atomic mass is 16.5. The number of hydrogen-bond donors (Lipinski definition) is 2. The molecule has 4 aliphatic rings. The number of rotatable bonds is 18. The maximum atomic E-state index is 12.6. The van der Waals surface area contributed by atoms with E-state index in [4.69, 9.17) is 20.9 Å². The van der Waals surface area contributed by atoms with Crippen LogP contribution in [0.5, 0.6) is 11.5 Å². The predicted molar refractivity (Wildman–Crippen MR) is 187 cm³/mol. The van der Waals surface area contributed by atoms with Crippen molar-refractivity contribution >= 4 is 11.8 Å². The Labute approximate surface area is 280 Å². The summed E-state index contributed by atoms with van der Waals surface area (Å²) in [4.78, 5) is 25.1. The first-order valence-electron chi connectivity index (χ1n) is 18.2. The molecule has 2 amide bonds. The average molecular weight is 637 g/mol. The van der Waals surface area contributed by atoms with Gasteiger partial charge in [-0.3, -0.25) is 9.59 Å². The Morgan fingerprint density at radius 1 is 0.574 bits per heavy atom. The molecule has 7 rings (SSSR count). The number of carbonyl (C=O) groups is 2. The predicted octanol–water partition coefficient (Wildman–Crippen LogP) is 8.21. The van der Waals surface area contributed by atoms with Crippen LogP contribution in [0.4, 0.5) is 0 Å². The average Bonchev–Trinajstić information content (AvgIpc) is 3.46. The van der Waals surface area contributed by atoms with Gasteiger partial charge in [0.05, 0.1) is 13.2 Å². The van der Waals surface area contributed by atoms with Crippen molar-refractivity contribution < 1.29 is 19.1 Å². The fraction of sp³-hybridized carbons (Fsp3) is 0.512. The van der Waals surface area contributed by atoms with Crippen molar-refractivity contribution in [2.24, 2.45) is 16.9 Å². The Kier molecular flexibility index (Phi) is 10.2. The summed E-state index contributed by atoms with van der Waals surface area (Å²) in [6, 6.07) is 17.6. The molecule has 0 unspecified atom stereocenters. The summed E-state index contributed by atoms with van der Waals surface area (Å²) in [6.07, 6.45) is 15.3. The van der Waals surface area contributed by atoms with Gasteiger partial charge in [0.1, 0.15) is 16.9 Å². The van der Waals surface area contributed by atoms with E-state index in [1.807, 2.05) is 0 Å². The number of unbranched alkanes of at least 4 members (excludes halogenated alkanes) is 10. The summed E-state index contributed by atoms with van der Waals surface area (Å²) in [6.45, 7) is 5.94. The van der Waals surface area contributed by atoms with Gasteiger partial charge in [0, 0.05) is 11.8 Å². The Hall–Kier alpha value is -3.80. The van der Waals surface area contributed by atoms with Crippen LogP contribution < -0.4 is 20.9 Å². The molecule has 3 aromatic carbocycles. The van der Waals surface area contributed by atoms with E-state index in [0.29, 0.717) is 0 Å². The minimum absolute atomic E-state index is 0.0210. The van der Waals surface area contributed by atoms with Gasteiger partial charge in [-0.1, -0.05) is 102 Å². The highest BCUT2D eigenvalue weighted by Crippen LogP contribution is 2.58. The maximum absolute atomic E-state index is 12.6. The minimum atomic E-state index is -1.37. The van der Waals surface area contributed by atoms with Crippen molar-refractivity contribution in [3.63, 3.8) is 0 Å². The van der Waals surface area contributed by atoms with Crippen LogP contribution in [-0.2, 0) is 22.4 Å². The summed E-state index contributed by atoms with van der Waals surface area (Å²) in [5.41, 5.74) is 19.8. The number of hydrogen-bond acceptors (Lipinski definition) is 4. The number of primary amides is 2. The zero-order chi connectivity index (χ0) is 33.0. The maximum Gasteiger partial charge on any atom is 0.233 e. The van der Waals surface area contributed by atoms with Crippen LogP contribution in [0.3, 0.4) is 0 Å². The van der Waals surface area contributed by atoms with Crippen LogP contribution in [0.15, 0.2) is 48.5 Å². The van der Waals surface area contributed by atoms with Crippen LogP contribution in [0.25, 0.3) is 0 Å². The van der Waals surface area contributed by atoms with Gasteiger partial charge in [-0.05, 0) is 94.5 Å². The molecule has 0 heterocycles. The second-order valence-electron chi connectivity index (χ2n) is 14.1. The summed E-state index contributed by atoms with van der Waals surface area (Å²) < 4.78 is 12.6. The third kappa shape index (κ3) is 6.53. The molecule has 6 heteroatoms. The normalized spacial score (nSPS) is 17.8. The zero-order valence-electron chi connectivity index (χ0n) is 28.4. The number of nitrogens with two attached hydrogens (primary N) is 2. The molecule has 0 aliphatic heterocycles. The molecule has 4 aliphatic carbocycles. The highest BCUT2D eigenvalue weighted by Gasteiger charge is 2.50. The number of amides is 2. The van der Waals surface area contributed by atoms with Gasteiger partial charge in [0.2, 0.25) is 11.8 Å². The van der Waals surface area contributed by atoms with Gasteiger partial charge in [0.15, 0.2) is 0 Å². The van der Waals surface area contributed by atoms with Crippen LogP contribution in [0.1, 0.15) is 147 Å². The van der Waals surface area contributed by atoms with Crippen LogP contribution in [0, 0.1) is 5.41 Å². The van der Waals surface area contributed by atoms with Crippen molar-refractivity contribution in [3.05, 3.63) is 93.0 Å². The molecule has 0 spiro atoms. The van der Waals surface area contributed by atoms with Crippen LogP contribution in [-0.4, -0.2) is 25.0 Å². The molecule has 0 fully saturated rings. The lowest BCUT2D eigenvalue weighted by Gasteiger charge is -2.43. The lowest BCUT2D eigenvalue weighted by Crippen LogP contribution is -2.48.